The molecule has 5 rings (SSSR count). The van der Waals surface area contributed by atoms with Crippen LogP contribution in [0.25, 0.3) is 0 Å². The summed E-state index contributed by atoms with van der Waals surface area (Å²) in [5.74, 6) is 0.934. The average molecular weight is 397 g/mol. The minimum Gasteiger partial charge on any atom is -0.383 e. The fraction of sp³-hybridized carbons (Fsp3) is 0.765. The monoisotopic (exact) mass is 397 g/mol. The number of likely N-dealkylation sites (tertiary alicyclic amines) is 1. The second-order valence-electron chi connectivity index (χ2n) is 7.97. The molecule has 0 aromatic carbocycles. The van der Waals surface area contributed by atoms with E-state index in [1.165, 1.54) is 4.31 Å². The zero-order valence-electron chi connectivity index (χ0n) is 15.2. The van der Waals surface area contributed by atoms with Crippen LogP contribution in [0.15, 0.2) is 10.6 Å². The number of amides is 1. The summed E-state index contributed by atoms with van der Waals surface area (Å²) >= 11 is 0. The summed E-state index contributed by atoms with van der Waals surface area (Å²) in [6.07, 6.45) is 2.30. The number of aromatic nitrogens is 1. The van der Waals surface area contributed by atoms with Crippen LogP contribution in [0.3, 0.4) is 0 Å². The van der Waals surface area contributed by atoms with E-state index in [0.717, 1.165) is 18.6 Å². The molecule has 148 valence electrons. The Labute approximate surface area is 157 Å². The minimum absolute atomic E-state index is 0.216. The first kappa shape index (κ1) is 17.6. The molecule has 9 nitrogen and oxygen atoms in total. The Hall–Kier alpha value is -1.49. The first-order valence-electron chi connectivity index (χ1n) is 9.34. The number of fused-ring (bicyclic) bond motifs is 1. The molecule has 1 aliphatic carbocycles. The number of ether oxygens (including phenoxy) is 2. The molecule has 3 saturated heterocycles. The summed E-state index contributed by atoms with van der Waals surface area (Å²) in [5, 5.41) is 3.33. The molecule has 1 aromatic rings. The molecule has 0 N–H and O–H groups in total. The van der Waals surface area contributed by atoms with Crippen LogP contribution in [0.1, 0.15) is 41.4 Å². The van der Waals surface area contributed by atoms with Gasteiger partial charge >= 0.3 is 0 Å². The quantitative estimate of drug-likeness (QED) is 0.699. The van der Waals surface area contributed by atoms with E-state index in [9.17, 15) is 13.2 Å². The highest BCUT2D eigenvalue weighted by Crippen LogP contribution is 2.46. The summed E-state index contributed by atoms with van der Waals surface area (Å²) in [5.41, 5.74) is -0.572. The van der Waals surface area contributed by atoms with Gasteiger partial charge in [-0.3, -0.25) is 4.79 Å². The second-order valence-corrected chi connectivity index (χ2v) is 10.1. The molecular formula is C17H23N3O6S. The van der Waals surface area contributed by atoms with Crippen molar-refractivity contribution < 1.29 is 27.2 Å². The van der Waals surface area contributed by atoms with Crippen LogP contribution < -0.4 is 0 Å². The molecule has 27 heavy (non-hydrogen) atoms. The van der Waals surface area contributed by atoms with Crippen LogP contribution in [-0.2, 0) is 19.5 Å². The third kappa shape index (κ3) is 2.72. The molecule has 4 fully saturated rings. The molecule has 1 saturated carbocycles. The van der Waals surface area contributed by atoms with E-state index in [-0.39, 0.29) is 25.1 Å². The lowest BCUT2D eigenvalue weighted by atomic mass is 9.99. The standard InChI is InChI=1S/C17H23N3O6S/c1-24-5-4-20-10-17-9-19(8-12(25-17)6-15(17)27(20,22)23)16(21)13-7-14(26-18-13)11-2-3-11/h7,11-12,15H,2-6,8-10H2,1H3/t12-,15+,17?/m1/s1. The molecule has 1 spiro atoms. The summed E-state index contributed by atoms with van der Waals surface area (Å²) in [6, 6.07) is 1.72. The number of carbonyl (C=O) groups is 1. The number of methoxy groups -OCH3 is 1. The Morgan fingerprint density at radius 3 is 2.96 bits per heavy atom. The van der Waals surface area contributed by atoms with Gasteiger partial charge in [-0.05, 0) is 19.3 Å². The lowest BCUT2D eigenvalue weighted by molar-refractivity contribution is -0.0982. The summed E-state index contributed by atoms with van der Waals surface area (Å²) in [7, 11) is -1.91. The number of nitrogens with zero attached hydrogens (tertiary/aromatic N) is 3. The topological polar surface area (TPSA) is 102 Å². The number of morpholine rings is 1. The Balaban J connectivity index is 1.37. The van der Waals surface area contributed by atoms with E-state index >= 15 is 0 Å². The van der Waals surface area contributed by atoms with Gasteiger partial charge in [-0.15, -0.1) is 0 Å². The number of rotatable bonds is 5. The van der Waals surface area contributed by atoms with Crippen molar-refractivity contribution in [3.63, 3.8) is 0 Å². The molecule has 2 bridgehead atoms. The molecule has 0 radical (unpaired) electrons. The third-order valence-corrected chi connectivity index (χ3v) is 8.44. The molecule has 4 aliphatic rings. The van der Waals surface area contributed by atoms with E-state index in [1.54, 1.807) is 18.1 Å². The lowest BCUT2D eigenvalue weighted by Gasteiger charge is -2.39. The highest BCUT2D eigenvalue weighted by Gasteiger charge is 2.65. The van der Waals surface area contributed by atoms with Crippen LogP contribution in [0, 0.1) is 0 Å². The van der Waals surface area contributed by atoms with Crippen LogP contribution in [0.2, 0.25) is 0 Å². The van der Waals surface area contributed by atoms with Gasteiger partial charge in [0.15, 0.2) is 5.69 Å². The maximum absolute atomic E-state index is 12.9. The van der Waals surface area contributed by atoms with E-state index < -0.39 is 20.9 Å². The van der Waals surface area contributed by atoms with Gasteiger partial charge < -0.3 is 18.9 Å². The van der Waals surface area contributed by atoms with Gasteiger partial charge in [0.05, 0.1) is 19.3 Å². The summed E-state index contributed by atoms with van der Waals surface area (Å²) in [6.45, 7) is 1.53. The van der Waals surface area contributed by atoms with Crippen molar-refractivity contribution in [2.24, 2.45) is 0 Å². The second kappa shape index (κ2) is 6.00. The molecule has 1 unspecified atom stereocenters. The number of carbonyl (C=O) groups excluding carboxylic acids is 1. The van der Waals surface area contributed by atoms with E-state index in [0.29, 0.717) is 37.7 Å². The first-order chi connectivity index (χ1) is 12.9. The predicted molar refractivity (Wildman–Crippen MR) is 92.8 cm³/mol. The number of sulfonamides is 1. The van der Waals surface area contributed by atoms with Gasteiger partial charge in [-0.25, -0.2) is 8.42 Å². The van der Waals surface area contributed by atoms with Gasteiger partial charge in [0.1, 0.15) is 16.6 Å². The Morgan fingerprint density at radius 2 is 2.22 bits per heavy atom. The normalized spacial score (nSPS) is 34.8. The zero-order valence-corrected chi connectivity index (χ0v) is 16.0. The third-order valence-electron chi connectivity index (χ3n) is 6.07. The largest absolute Gasteiger partial charge is 0.383 e. The Kier molecular flexibility index (Phi) is 3.91. The van der Waals surface area contributed by atoms with E-state index in [1.807, 2.05) is 0 Å². The highest BCUT2D eigenvalue weighted by atomic mass is 32.2. The van der Waals surface area contributed by atoms with E-state index in [4.69, 9.17) is 14.0 Å². The SMILES string of the molecule is COCCN1CC23CN(C(=O)c4cc(C5CC5)on4)C[C@@H](C[C@@H]2S1(=O)=O)O3. The van der Waals surface area contributed by atoms with Crippen LogP contribution in [0.4, 0.5) is 0 Å². The minimum atomic E-state index is -3.46. The molecule has 1 amide bonds. The fourth-order valence-electron chi connectivity index (χ4n) is 4.61. The molecule has 4 heterocycles. The number of hydrogen-bond acceptors (Lipinski definition) is 7. The van der Waals surface area contributed by atoms with Gasteiger partial charge in [0, 0.05) is 38.7 Å². The van der Waals surface area contributed by atoms with Crippen molar-refractivity contribution in [1.82, 2.24) is 14.4 Å². The molecule has 3 aliphatic heterocycles. The number of hydrogen-bond donors (Lipinski definition) is 0. The van der Waals surface area contributed by atoms with Gasteiger partial charge in [-0.1, -0.05) is 5.16 Å². The lowest BCUT2D eigenvalue weighted by Crippen LogP contribution is -2.56. The molecule has 10 heteroatoms. The smallest absolute Gasteiger partial charge is 0.276 e. The predicted octanol–water partition coefficient (Wildman–Crippen LogP) is 0.196. The Morgan fingerprint density at radius 1 is 1.41 bits per heavy atom. The van der Waals surface area contributed by atoms with Crippen molar-refractivity contribution in [2.45, 2.75) is 42.1 Å². The zero-order chi connectivity index (χ0) is 18.8. The van der Waals surface area contributed by atoms with Gasteiger partial charge in [0.25, 0.3) is 5.91 Å². The van der Waals surface area contributed by atoms with Gasteiger partial charge in [0.2, 0.25) is 10.0 Å². The van der Waals surface area contributed by atoms with Crippen molar-refractivity contribution in [3.8, 4) is 0 Å². The fourth-order valence-corrected chi connectivity index (χ4v) is 6.90. The highest BCUT2D eigenvalue weighted by molar-refractivity contribution is 7.90. The maximum Gasteiger partial charge on any atom is 0.276 e. The van der Waals surface area contributed by atoms with Crippen molar-refractivity contribution in [3.05, 3.63) is 17.5 Å². The average Bonchev–Trinajstić information content (AvgIpc) is 3.26. The molecule has 3 atom stereocenters. The van der Waals surface area contributed by atoms with Crippen molar-refractivity contribution in [1.29, 1.82) is 0 Å². The van der Waals surface area contributed by atoms with Crippen molar-refractivity contribution >= 4 is 15.9 Å². The summed E-state index contributed by atoms with van der Waals surface area (Å²) < 4.78 is 43.7. The van der Waals surface area contributed by atoms with Gasteiger partial charge in [-0.2, -0.15) is 4.31 Å². The maximum atomic E-state index is 12.9. The summed E-state index contributed by atoms with van der Waals surface area (Å²) in [4.78, 5) is 14.6. The Bertz CT molecular complexity index is 866. The van der Waals surface area contributed by atoms with Crippen LogP contribution >= 0.6 is 0 Å². The van der Waals surface area contributed by atoms with Crippen LogP contribution in [0.5, 0.6) is 0 Å². The van der Waals surface area contributed by atoms with E-state index in [2.05, 4.69) is 5.16 Å². The molecule has 1 aromatic heterocycles. The molecular weight excluding hydrogens is 374 g/mol. The van der Waals surface area contributed by atoms with Crippen LogP contribution in [-0.4, -0.2) is 85.5 Å². The van der Waals surface area contributed by atoms with Crippen molar-refractivity contribution in [2.75, 3.05) is 39.9 Å². The first-order valence-corrected chi connectivity index (χ1v) is 10.8.